The summed E-state index contributed by atoms with van der Waals surface area (Å²) in [6, 6.07) is 14.3. The summed E-state index contributed by atoms with van der Waals surface area (Å²) in [4.78, 5) is 19.6. The van der Waals surface area contributed by atoms with Crippen molar-refractivity contribution in [1.29, 1.82) is 0 Å². The van der Waals surface area contributed by atoms with Crippen molar-refractivity contribution in [3.05, 3.63) is 70.9 Å². The van der Waals surface area contributed by atoms with E-state index in [9.17, 15) is 4.79 Å². The topological polar surface area (TPSA) is 59.2 Å². The fraction of sp³-hybridized carbons (Fsp3) is 0.333. The molecule has 4 heteroatoms. The first kappa shape index (κ1) is 21.1. The number of amides is 1. The van der Waals surface area contributed by atoms with Crippen molar-refractivity contribution in [3.63, 3.8) is 0 Å². The zero-order valence-corrected chi connectivity index (χ0v) is 18.7. The van der Waals surface area contributed by atoms with Gasteiger partial charge >= 0.3 is 0 Å². The Kier molecular flexibility index (Phi) is 6.08. The van der Waals surface area contributed by atoms with Crippen LogP contribution in [0.15, 0.2) is 48.7 Å². The van der Waals surface area contributed by atoms with Gasteiger partial charge in [0, 0.05) is 36.0 Å². The van der Waals surface area contributed by atoms with E-state index in [1.54, 1.807) is 0 Å². The molecular formula is C27H31N3O. The second-order valence-electron chi connectivity index (χ2n) is 8.60. The maximum Gasteiger partial charge on any atom is 0.249 e. The lowest BCUT2D eigenvalue weighted by Gasteiger charge is -2.22. The number of primary amides is 1. The minimum absolute atomic E-state index is 0.418. The molecule has 1 fully saturated rings. The summed E-state index contributed by atoms with van der Waals surface area (Å²) in [5.74, 6) is 0.588. The molecule has 160 valence electrons. The van der Waals surface area contributed by atoms with Crippen LogP contribution in [0.2, 0.25) is 0 Å². The monoisotopic (exact) mass is 413 g/mol. The van der Waals surface area contributed by atoms with E-state index in [1.807, 2.05) is 18.3 Å². The summed E-state index contributed by atoms with van der Waals surface area (Å²) in [5.41, 5.74) is 13.9. The zero-order chi connectivity index (χ0) is 22.0. The molecule has 0 spiro atoms. The largest absolute Gasteiger partial charge is 0.366 e. The van der Waals surface area contributed by atoms with Gasteiger partial charge < -0.3 is 10.6 Å². The average Bonchev–Trinajstić information content (AvgIpc) is 3.05. The maximum absolute atomic E-state index is 12.4. The SMILES string of the molecule is Cc1cccc(-c2c(C)ccc(C(N)=O)c2-c2ccc(N3CCCCCC3)nc2)c1C. The molecule has 0 atom stereocenters. The minimum atomic E-state index is -0.418. The van der Waals surface area contributed by atoms with Gasteiger partial charge in [-0.3, -0.25) is 4.79 Å². The summed E-state index contributed by atoms with van der Waals surface area (Å²) >= 11 is 0. The third kappa shape index (κ3) is 4.20. The van der Waals surface area contributed by atoms with Gasteiger partial charge in [-0.25, -0.2) is 4.98 Å². The lowest BCUT2D eigenvalue weighted by Crippen LogP contribution is -2.24. The fourth-order valence-electron chi connectivity index (χ4n) is 4.60. The highest BCUT2D eigenvalue weighted by atomic mass is 16.1. The van der Waals surface area contributed by atoms with Gasteiger partial charge in [0.25, 0.3) is 0 Å². The van der Waals surface area contributed by atoms with Gasteiger partial charge in [-0.05, 0) is 79.6 Å². The predicted octanol–water partition coefficient (Wildman–Crippen LogP) is 5.82. The molecule has 1 aliphatic heterocycles. The number of hydrogen-bond acceptors (Lipinski definition) is 3. The van der Waals surface area contributed by atoms with Gasteiger partial charge in [-0.2, -0.15) is 0 Å². The van der Waals surface area contributed by atoms with E-state index in [1.165, 1.54) is 36.8 Å². The fourth-order valence-corrected chi connectivity index (χ4v) is 4.60. The van der Waals surface area contributed by atoms with Crippen LogP contribution in [-0.2, 0) is 0 Å². The van der Waals surface area contributed by atoms with Crippen LogP contribution in [-0.4, -0.2) is 24.0 Å². The first-order valence-corrected chi connectivity index (χ1v) is 11.2. The smallest absolute Gasteiger partial charge is 0.249 e. The zero-order valence-electron chi connectivity index (χ0n) is 18.7. The first-order valence-electron chi connectivity index (χ1n) is 11.2. The molecule has 31 heavy (non-hydrogen) atoms. The van der Waals surface area contributed by atoms with Crippen LogP contribution in [0.25, 0.3) is 22.3 Å². The second kappa shape index (κ2) is 8.93. The summed E-state index contributed by atoms with van der Waals surface area (Å²) < 4.78 is 0. The lowest BCUT2D eigenvalue weighted by atomic mass is 9.85. The van der Waals surface area contributed by atoms with E-state index < -0.39 is 5.91 Å². The normalized spacial score (nSPS) is 14.4. The van der Waals surface area contributed by atoms with Crippen molar-refractivity contribution >= 4 is 11.7 Å². The van der Waals surface area contributed by atoms with Gasteiger partial charge in [0.1, 0.15) is 5.82 Å². The van der Waals surface area contributed by atoms with E-state index >= 15 is 0 Å². The van der Waals surface area contributed by atoms with E-state index in [2.05, 4.69) is 56.0 Å². The molecule has 1 aromatic heterocycles. The number of rotatable bonds is 4. The Morgan fingerprint density at radius 1 is 0.871 bits per heavy atom. The predicted molar refractivity (Wildman–Crippen MR) is 129 cm³/mol. The lowest BCUT2D eigenvalue weighted by molar-refractivity contribution is 0.100. The van der Waals surface area contributed by atoms with E-state index in [0.29, 0.717) is 5.56 Å². The van der Waals surface area contributed by atoms with Crippen molar-refractivity contribution in [2.75, 3.05) is 18.0 Å². The molecule has 3 aromatic rings. The van der Waals surface area contributed by atoms with Crippen molar-refractivity contribution < 1.29 is 4.79 Å². The van der Waals surface area contributed by atoms with Gasteiger partial charge in [-0.15, -0.1) is 0 Å². The number of aromatic nitrogens is 1. The van der Waals surface area contributed by atoms with Gasteiger partial charge in [0.2, 0.25) is 5.91 Å². The first-order chi connectivity index (χ1) is 15.0. The Bertz CT molecular complexity index is 1090. The maximum atomic E-state index is 12.4. The Balaban J connectivity index is 1.86. The molecular weight excluding hydrogens is 382 g/mol. The van der Waals surface area contributed by atoms with Crippen LogP contribution in [0.5, 0.6) is 0 Å². The molecule has 1 aliphatic rings. The second-order valence-corrected chi connectivity index (χ2v) is 8.60. The van der Waals surface area contributed by atoms with E-state index in [-0.39, 0.29) is 0 Å². The van der Waals surface area contributed by atoms with Gasteiger partial charge in [0.15, 0.2) is 0 Å². The van der Waals surface area contributed by atoms with E-state index in [4.69, 9.17) is 10.7 Å². The molecule has 0 aliphatic carbocycles. The van der Waals surface area contributed by atoms with Crippen molar-refractivity contribution in [3.8, 4) is 22.3 Å². The molecule has 2 N–H and O–H groups in total. The Morgan fingerprint density at radius 2 is 1.61 bits per heavy atom. The molecule has 4 rings (SSSR count). The van der Waals surface area contributed by atoms with Crippen LogP contribution in [0.3, 0.4) is 0 Å². The molecule has 0 saturated carbocycles. The van der Waals surface area contributed by atoms with Crippen molar-refractivity contribution in [2.45, 2.75) is 46.5 Å². The van der Waals surface area contributed by atoms with Crippen LogP contribution < -0.4 is 10.6 Å². The average molecular weight is 414 g/mol. The molecule has 2 heterocycles. The van der Waals surface area contributed by atoms with Crippen LogP contribution in [0.1, 0.15) is 52.7 Å². The Morgan fingerprint density at radius 3 is 2.26 bits per heavy atom. The number of carbonyl (C=O) groups excluding carboxylic acids is 1. The molecule has 4 nitrogen and oxygen atoms in total. The van der Waals surface area contributed by atoms with Gasteiger partial charge in [-0.1, -0.05) is 37.1 Å². The van der Waals surface area contributed by atoms with Crippen LogP contribution in [0.4, 0.5) is 5.82 Å². The number of hydrogen-bond donors (Lipinski definition) is 1. The Hall–Kier alpha value is -3.14. The number of anilines is 1. The summed E-state index contributed by atoms with van der Waals surface area (Å²) in [6.07, 6.45) is 6.90. The number of nitrogens with zero attached hydrogens (tertiary/aromatic N) is 2. The number of benzene rings is 2. The Labute approximate surface area is 185 Å². The summed E-state index contributed by atoms with van der Waals surface area (Å²) in [7, 11) is 0. The van der Waals surface area contributed by atoms with Crippen LogP contribution in [0, 0.1) is 20.8 Å². The number of nitrogens with two attached hydrogens (primary N) is 1. The third-order valence-electron chi connectivity index (χ3n) is 6.52. The molecule has 0 bridgehead atoms. The standard InChI is InChI=1S/C27H31N3O/c1-18-9-8-10-22(20(18)3)25-19(2)11-13-23(27(28)31)26(25)21-12-14-24(29-17-21)30-15-6-4-5-7-16-30/h8-14,17H,4-7,15-16H2,1-3H3,(H2,28,31). The van der Waals surface area contributed by atoms with Gasteiger partial charge in [0.05, 0.1) is 0 Å². The highest BCUT2D eigenvalue weighted by Gasteiger charge is 2.20. The molecule has 1 amide bonds. The summed E-state index contributed by atoms with van der Waals surface area (Å²) in [5, 5.41) is 0. The van der Waals surface area contributed by atoms with Crippen molar-refractivity contribution in [2.24, 2.45) is 5.73 Å². The molecule has 0 unspecified atom stereocenters. The number of carbonyl (C=O) groups is 1. The minimum Gasteiger partial charge on any atom is -0.366 e. The number of pyridine rings is 1. The molecule has 0 radical (unpaired) electrons. The molecule has 1 saturated heterocycles. The van der Waals surface area contributed by atoms with Crippen LogP contribution >= 0.6 is 0 Å². The summed E-state index contributed by atoms with van der Waals surface area (Å²) in [6.45, 7) is 8.44. The highest BCUT2D eigenvalue weighted by molar-refractivity contribution is 6.05. The van der Waals surface area contributed by atoms with E-state index in [0.717, 1.165) is 46.7 Å². The third-order valence-corrected chi connectivity index (χ3v) is 6.52. The quantitative estimate of drug-likeness (QED) is 0.586. The number of aryl methyl sites for hydroxylation is 2. The highest BCUT2D eigenvalue weighted by Crippen LogP contribution is 2.39. The van der Waals surface area contributed by atoms with Crippen molar-refractivity contribution in [1.82, 2.24) is 4.98 Å². The molecule has 2 aromatic carbocycles.